The van der Waals surface area contributed by atoms with Crippen molar-refractivity contribution in [2.75, 3.05) is 6.26 Å². The van der Waals surface area contributed by atoms with Crippen LogP contribution in [0.15, 0.2) is 9.95 Å². The molecule has 12 heavy (non-hydrogen) atoms. The molecule has 0 amide bonds. The van der Waals surface area contributed by atoms with E-state index in [9.17, 15) is 4.79 Å². The average Bonchev–Trinajstić information content (AvgIpc) is 2.52. The lowest BCUT2D eigenvalue weighted by Crippen LogP contribution is -2.15. The van der Waals surface area contributed by atoms with Gasteiger partial charge >= 0.3 is 0 Å². The molecule has 0 bridgehead atoms. The second-order valence-electron chi connectivity index (χ2n) is 2.60. The van der Waals surface area contributed by atoms with Crippen LogP contribution in [0, 0.1) is 0 Å². The van der Waals surface area contributed by atoms with E-state index in [1.165, 1.54) is 11.8 Å². The summed E-state index contributed by atoms with van der Waals surface area (Å²) >= 11 is 1.45. The van der Waals surface area contributed by atoms with Crippen molar-refractivity contribution < 1.29 is 0 Å². The molecule has 5 heteroatoms. The number of hydrogen-bond donors (Lipinski definition) is 2. The molecule has 0 saturated heterocycles. The minimum atomic E-state index is -0.00523. The van der Waals surface area contributed by atoms with Gasteiger partial charge in [0.15, 0.2) is 5.16 Å². The van der Waals surface area contributed by atoms with E-state index in [0.717, 1.165) is 11.3 Å². The third kappa shape index (κ3) is 1.15. The summed E-state index contributed by atoms with van der Waals surface area (Å²) in [5.74, 6) is 0. The van der Waals surface area contributed by atoms with Gasteiger partial charge in [-0.05, 0) is 6.26 Å². The van der Waals surface area contributed by atoms with Crippen LogP contribution in [0.3, 0.4) is 0 Å². The first kappa shape index (κ1) is 7.82. The van der Waals surface area contributed by atoms with Crippen molar-refractivity contribution in [1.29, 1.82) is 0 Å². The Morgan fingerprint density at radius 1 is 1.50 bits per heavy atom. The molecule has 0 unspecified atom stereocenters. The third-order valence-corrected chi connectivity index (χ3v) is 2.45. The quantitative estimate of drug-likeness (QED) is 0.479. The summed E-state index contributed by atoms with van der Waals surface area (Å²) in [6, 6.07) is 0. The Labute approximate surface area is 73.8 Å². The van der Waals surface area contributed by atoms with Gasteiger partial charge in [-0.15, -0.1) is 0 Å². The van der Waals surface area contributed by atoms with Crippen molar-refractivity contribution >= 4 is 11.8 Å². The van der Waals surface area contributed by atoms with Crippen molar-refractivity contribution in [1.82, 2.24) is 15.3 Å². The van der Waals surface area contributed by atoms with Crippen LogP contribution in [0.25, 0.3) is 0 Å². The Morgan fingerprint density at radius 3 is 3.08 bits per heavy atom. The lowest BCUT2D eigenvalue weighted by Gasteiger charge is -1.98. The average molecular weight is 183 g/mol. The maximum absolute atomic E-state index is 11.3. The normalized spacial score (nSPS) is 14.8. The first-order valence-corrected chi connectivity index (χ1v) is 4.90. The molecular weight excluding hydrogens is 174 g/mol. The van der Waals surface area contributed by atoms with Crippen LogP contribution in [0.2, 0.25) is 0 Å². The fourth-order valence-corrected chi connectivity index (χ4v) is 1.65. The van der Waals surface area contributed by atoms with Gasteiger partial charge in [-0.2, -0.15) is 0 Å². The van der Waals surface area contributed by atoms with Crippen LogP contribution in [-0.2, 0) is 13.1 Å². The molecule has 0 aliphatic carbocycles. The van der Waals surface area contributed by atoms with Crippen molar-refractivity contribution in [2.24, 2.45) is 0 Å². The molecule has 2 rings (SSSR count). The van der Waals surface area contributed by atoms with Gasteiger partial charge in [0.2, 0.25) is 0 Å². The number of aromatic nitrogens is 2. The molecule has 2 heterocycles. The molecule has 64 valence electrons. The highest BCUT2D eigenvalue weighted by Crippen LogP contribution is 2.11. The molecular formula is C7H9N3OS. The van der Waals surface area contributed by atoms with Crippen LogP contribution in [-0.4, -0.2) is 16.2 Å². The van der Waals surface area contributed by atoms with Crippen molar-refractivity contribution in [3.63, 3.8) is 0 Å². The summed E-state index contributed by atoms with van der Waals surface area (Å²) < 4.78 is 0. The first-order chi connectivity index (χ1) is 5.81. The number of fused-ring (bicyclic) bond motifs is 1. The highest BCUT2D eigenvalue weighted by Gasteiger charge is 2.15. The smallest absolute Gasteiger partial charge is 0.256 e. The fraction of sp³-hybridized carbons (Fsp3) is 0.429. The molecule has 0 fully saturated rings. The topological polar surface area (TPSA) is 57.8 Å². The predicted molar refractivity (Wildman–Crippen MR) is 47.2 cm³/mol. The van der Waals surface area contributed by atoms with E-state index in [4.69, 9.17) is 0 Å². The van der Waals surface area contributed by atoms with E-state index >= 15 is 0 Å². The van der Waals surface area contributed by atoms with Crippen molar-refractivity contribution in [2.45, 2.75) is 18.2 Å². The van der Waals surface area contributed by atoms with Crippen LogP contribution < -0.4 is 10.9 Å². The maximum Gasteiger partial charge on any atom is 0.256 e. The van der Waals surface area contributed by atoms with Gasteiger partial charge in [-0.3, -0.25) is 4.79 Å². The second kappa shape index (κ2) is 2.91. The van der Waals surface area contributed by atoms with E-state index < -0.39 is 0 Å². The van der Waals surface area contributed by atoms with Crippen LogP contribution in [0.4, 0.5) is 0 Å². The molecule has 0 saturated carbocycles. The molecule has 0 spiro atoms. The number of nitrogens with zero attached hydrogens (tertiary/aromatic N) is 1. The number of thioether (sulfide) groups is 1. The van der Waals surface area contributed by atoms with Crippen LogP contribution >= 0.6 is 11.8 Å². The molecule has 1 aromatic rings. The molecule has 0 radical (unpaired) electrons. The monoisotopic (exact) mass is 183 g/mol. The number of nitrogens with one attached hydrogen (secondary N) is 2. The molecule has 2 N–H and O–H groups in total. The van der Waals surface area contributed by atoms with Crippen molar-refractivity contribution in [3.8, 4) is 0 Å². The van der Waals surface area contributed by atoms with Gasteiger partial charge in [0.1, 0.15) is 0 Å². The zero-order chi connectivity index (χ0) is 8.55. The zero-order valence-corrected chi connectivity index (χ0v) is 7.49. The predicted octanol–water partition coefficient (Wildman–Crippen LogP) is 0.0950. The molecule has 0 atom stereocenters. The highest BCUT2D eigenvalue weighted by atomic mass is 32.2. The van der Waals surface area contributed by atoms with Gasteiger partial charge in [0.25, 0.3) is 5.56 Å². The zero-order valence-electron chi connectivity index (χ0n) is 6.68. The van der Waals surface area contributed by atoms with E-state index in [-0.39, 0.29) is 5.56 Å². The van der Waals surface area contributed by atoms with E-state index in [0.29, 0.717) is 18.2 Å². The molecule has 4 nitrogen and oxygen atoms in total. The summed E-state index contributed by atoms with van der Waals surface area (Å²) in [6.07, 6.45) is 1.90. The molecule has 1 aliphatic rings. The Bertz CT molecular complexity index is 360. The Morgan fingerprint density at radius 2 is 2.33 bits per heavy atom. The lowest BCUT2D eigenvalue weighted by molar-refractivity contribution is 0.754. The number of aromatic amines is 1. The Balaban J connectivity index is 2.59. The van der Waals surface area contributed by atoms with E-state index in [1.54, 1.807) is 0 Å². The number of hydrogen-bond acceptors (Lipinski definition) is 4. The number of H-pyrrole nitrogens is 1. The third-order valence-electron chi connectivity index (χ3n) is 1.87. The fourth-order valence-electron chi connectivity index (χ4n) is 1.25. The summed E-state index contributed by atoms with van der Waals surface area (Å²) in [7, 11) is 0. The summed E-state index contributed by atoms with van der Waals surface area (Å²) in [4.78, 5) is 18.3. The highest BCUT2D eigenvalue weighted by molar-refractivity contribution is 7.98. The summed E-state index contributed by atoms with van der Waals surface area (Å²) in [5, 5.41) is 3.78. The molecule has 1 aromatic heterocycles. The SMILES string of the molecule is CSc1nc2c(c(=O)[nH]1)CNC2. The molecule has 0 aromatic carbocycles. The van der Waals surface area contributed by atoms with Gasteiger partial charge in [-0.25, -0.2) is 4.98 Å². The van der Waals surface area contributed by atoms with E-state index in [1.807, 2.05) is 6.26 Å². The second-order valence-corrected chi connectivity index (χ2v) is 3.40. The first-order valence-electron chi connectivity index (χ1n) is 3.68. The van der Waals surface area contributed by atoms with Crippen LogP contribution in [0.1, 0.15) is 11.3 Å². The standard InChI is InChI=1S/C7H9N3OS/c1-12-7-9-5-3-8-2-4(5)6(11)10-7/h8H,2-3H2,1H3,(H,9,10,11). The van der Waals surface area contributed by atoms with Gasteiger partial charge in [0, 0.05) is 13.1 Å². The largest absolute Gasteiger partial charge is 0.307 e. The van der Waals surface area contributed by atoms with Crippen molar-refractivity contribution in [3.05, 3.63) is 21.6 Å². The minimum absolute atomic E-state index is 0.00523. The molecule has 1 aliphatic heterocycles. The lowest BCUT2D eigenvalue weighted by atomic mass is 10.3. The Kier molecular flexibility index (Phi) is 1.90. The Hall–Kier alpha value is -0.810. The maximum atomic E-state index is 11.3. The summed E-state index contributed by atoms with van der Waals surface area (Å²) in [5.41, 5.74) is 1.67. The minimum Gasteiger partial charge on any atom is -0.307 e. The van der Waals surface area contributed by atoms with Gasteiger partial charge in [-0.1, -0.05) is 11.8 Å². The van der Waals surface area contributed by atoms with Crippen LogP contribution in [0.5, 0.6) is 0 Å². The number of rotatable bonds is 1. The van der Waals surface area contributed by atoms with Gasteiger partial charge in [0.05, 0.1) is 11.3 Å². The summed E-state index contributed by atoms with van der Waals surface area (Å²) in [6.45, 7) is 1.36. The van der Waals surface area contributed by atoms with Gasteiger partial charge < -0.3 is 10.3 Å². The van der Waals surface area contributed by atoms with E-state index in [2.05, 4.69) is 15.3 Å².